The number of nitro benzene ring substituents is 1. The molecule has 3 nitrogen and oxygen atoms in total. The van der Waals surface area contributed by atoms with Crippen molar-refractivity contribution in [2.24, 2.45) is 0 Å². The van der Waals surface area contributed by atoms with Gasteiger partial charge in [0.1, 0.15) is 5.82 Å². The van der Waals surface area contributed by atoms with Gasteiger partial charge < -0.3 is 0 Å². The Bertz CT molecular complexity index is 581. The Morgan fingerprint density at radius 1 is 1.35 bits per heavy atom. The fraction of sp³-hybridized carbons (Fsp3) is 0.0769. The van der Waals surface area contributed by atoms with Crippen LogP contribution in [0.5, 0.6) is 0 Å². The lowest BCUT2D eigenvalue weighted by Gasteiger charge is -2.05. The molecule has 2 rings (SSSR count). The van der Waals surface area contributed by atoms with E-state index in [4.69, 9.17) is 0 Å². The lowest BCUT2D eigenvalue weighted by Crippen LogP contribution is -1.91. The van der Waals surface area contributed by atoms with Crippen LogP contribution in [0.3, 0.4) is 0 Å². The lowest BCUT2D eigenvalue weighted by molar-refractivity contribution is -0.385. The fourth-order valence-electron chi connectivity index (χ4n) is 1.60. The van der Waals surface area contributed by atoms with Crippen LogP contribution in [0.25, 0.3) is 11.1 Å². The number of aryl methyl sites for hydroxylation is 1. The average Bonchev–Trinajstić information content (AvgIpc) is 2.33. The van der Waals surface area contributed by atoms with E-state index in [0.29, 0.717) is 16.7 Å². The van der Waals surface area contributed by atoms with Gasteiger partial charge in [0.25, 0.3) is 5.69 Å². The molecule has 0 bridgehead atoms. The maximum Gasteiger partial charge on any atom is 0.278 e. The van der Waals surface area contributed by atoms with Crippen LogP contribution in [0.2, 0.25) is 0 Å². The molecule has 0 atom stereocenters. The quantitative estimate of drug-likeness (QED) is 0.585. The molecule has 0 aromatic heterocycles. The van der Waals surface area contributed by atoms with Gasteiger partial charge in [0.05, 0.1) is 11.0 Å². The normalized spacial score (nSPS) is 10.2. The third-order valence-corrected chi connectivity index (χ3v) is 2.49. The molecule has 85 valence electrons. The molecule has 2 aromatic rings. The van der Waals surface area contributed by atoms with Crippen LogP contribution < -0.4 is 0 Å². The van der Waals surface area contributed by atoms with Gasteiger partial charge in [-0.05, 0) is 24.1 Å². The zero-order valence-electron chi connectivity index (χ0n) is 9.11. The summed E-state index contributed by atoms with van der Waals surface area (Å²) >= 11 is 0. The van der Waals surface area contributed by atoms with E-state index in [1.54, 1.807) is 31.2 Å². The molecule has 0 amide bonds. The van der Waals surface area contributed by atoms with Crippen molar-refractivity contribution in [1.82, 2.24) is 0 Å². The molecule has 0 N–H and O–H groups in total. The van der Waals surface area contributed by atoms with E-state index in [9.17, 15) is 14.5 Å². The standard InChI is InChI=1S/C13H9FNO2/c1-9-4-2-7-12(13(9)14)10-5-3-6-11(8-10)15(16)17/h2-5,7-8H,1H3. The number of non-ortho nitro benzene ring substituents is 1. The fourth-order valence-corrected chi connectivity index (χ4v) is 1.60. The molecule has 4 heteroatoms. The summed E-state index contributed by atoms with van der Waals surface area (Å²) in [6.45, 7) is 1.66. The van der Waals surface area contributed by atoms with Crippen molar-refractivity contribution in [2.45, 2.75) is 6.92 Å². The number of rotatable bonds is 2. The number of benzene rings is 2. The lowest BCUT2D eigenvalue weighted by atomic mass is 10.0. The molecule has 0 aliphatic carbocycles. The highest BCUT2D eigenvalue weighted by Crippen LogP contribution is 2.27. The van der Waals surface area contributed by atoms with Crippen molar-refractivity contribution >= 4 is 5.69 Å². The molecule has 1 radical (unpaired) electrons. The largest absolute Gasteiger partial charge is 0.278 e. The van der Waals surface area contributed by atoms with Crippen molar-refractivity contribution in [3.05, 3.63) is 64.0 Å². The van der Waals surface area contributed by atoms with E-state index in [1.165, 1.54) is 12.1 Å². The number of hydrogen-bond donors (Lipinski definition) is 0. The zero-order valence-corrected chi connectivity index (χ0v) is 9.11. The van der Waals surface area contributed by atoms with Gasteiger partial charge in [0.2, 0.25) is 0 Å². The number of halogens is 1. The van der Waals surface area contributed by atoms with Gasteiger partial charge in [-0.15, -0.1) is 0 Å². The van der Waals surface area contributed by atoms with Gasteiger partial charge in [0, 0.05) is 11.6 Å². The first-order valence-electron chi connectivity index (χ1n) is 5.01. The van der Waals surface area contributed by atoms with Crippen LogP contribution in [0, 0.1) is 28.9 Å². The highest BCUT2D eigenvalue weighted by molar-refractivity contribution is 5.67. The molecule has 0 aliphatic rings. The molecular formula is C13H9FNO2. The third kappa shape index (κ3) is 2.15. The van der Waals surface area contributed by atoms with E-state index in [1.807, 2.05) is 0 Å². The predicted octanol–water partition coefficient (Wildman–Crippen LogP) is 3.51. The molecule has 0 aliphatic heterocycles. The van der Waals surface area contributed by atoms with Crippen LogP contribution in [-0.2, 0) is 0 Å². The topological polar surface area (TPSA) is 43.1 Å². The van der Waals surface area contributed by atoms with Crippen molar-refractivity contribution in [3.8, 4) is 11.1 Å². The maximum atomic E-state index is 13.8. The highest BCUT2D eigenvalue weighted by atomic mass is 19.1. The van der Waals surface area contributed by atoms with Crippen LogP contribution in [-0.4, -0.2) is 4.92 Å². The first-order chi connectivity index (χ1) is 8.09. The molecule has 17 heavy (non-hydrogen) atoms. The van der Waals surface area contributed by atoms with E-state index < -0.39 is 4.92 Å². The minimum absolute atomic E-state index is 0.164. The molecule has 0 saturated carbocycles. The molecule has 0 heterocycles. The van der Waals surface area contributed by atoms with Crippen molar-refractivity contribution in [2.75, 3.05) is 0 Å². The monoisotopic (exact) mass is 230 g/mol. The minimum Gasteiger partial charge on any atom is -0.258 e. The Kier molecular flexibility index (Phi) is 2.87. The van der Waals surface area contributed by atoms with Gasteiger partial charge in [-0.1, -0.05) is 24.3 Å². The van der Waals surface area contributed by atoms with Crippen molar-refractivity contribution in [1.29, 1.82) is 0 Å². The summed E-state index contributed by atoms with van der Waals surface area (Å²) in [6.07, 6.45) is 0. The van der Waals surface area contributed by atoms with E-state index in [-0.39, 0.29) is 11.5 Å². The van der Waals surface area contributed by atoms with Gasteiger partial charge in [0.15, 0.2) is 0 Å². The first-order valence-corrected chi connectivity index (χ1v) is 5.01. The van der Waals surface area contributed by atoms with E-state index in [2.05, 4.69) is 6.07 Å². The molecule has 2 aromatic carbocycles. The SMILES string of the molecule is Cc1cccc(-c2cc[c]c([N+](=O)[O-])c2)c1F. The molecule has 0 fully saturated rings. The molecule has 0 spiro atoms. The molecular weight excluding hydrogens is 221 g/mol. The van der Waals surface area contributed by atoms with Crippen LogP contribution >= 0.6 is 0 Å². The molecule has 0 unspecified atom stereocenters. The van der Waals surface area contributed by atoms with Gasteiger partial charge in [-0.25, -0.2) is 4.39 Å². The van der Waals surface area contributed by atoms with Crippen molar-refractivity contribution < 1.29 is 9.31 Å². The number of hydrogen-bond acceptors (Lipinski definition) is 2. The van der Waals surface area contributed by atoms with Crippen LogP contribution in [0.4, 0.5) is 10.1 Å². The summed E-state index contributed by atoms with van der Waals surface area (Å²) in [6, 6.07) is 11.8. The Labute approximate surface area is 97.7 Å². The maximum absolute atomic E-state index is 13.8. The summed E-state index contributed by atoms with van der Waals surface area (Å²) in [7, 11) is 0. The third-order valence-electron chi connectivity index (χ3n) is 2.49. The summed E-state index contributed by atoms with van der Waals surface area (Å²) in [5.41, 5.74) is 1.19. The Morgan fingerprint density at radius 2 is 2.12 bits per heavy atom. The molecule has 0 saturated heterocycles. The van der Waals surface area contributed by atoms with E-state index in [0.717, 1.165) is 0 Å². The summed E-state index contributed by atoms with van der Waals surface area (Å²) < 4.78 is 13.8. The van der Waals surface area contributed by atoms with Crippen LogP contribution in [0.1, 0.15) is 5.56 Å². The smallest absolute Gasteiger partial charge is 0.258 e. The second kappa shape index (κ2) is 4.33. The van der Waals surface area contributed by atoms with Crippen molar-refractivity contribution in [3.63, 3.8) is 0 Å². The number of nitrogens with zero attached hydrogens (tertiary/aromatic N) is 1. The Hall–Kier alpha value is -2.23. The average molecular weight is 230 g/mol. The second-order valence-electron chi connectivity index (χ2n) is 3.66. The Balaban J connectivity index is 2.57. The highest BCUT2D eigenvalue weighted by Gasteiger charge is 2.11. The first kappa shape index (κ1) is 11.3. The van der Waals surface area contributed by atoms with Gasteiger partial charge >= 0.3 is 0 Å². The van der Waals surface area contributed by atoms with Gasteiger partial charge in [-0.2, -0.15) is 0 Å². The summed E-state index contributed by atoms with van der Waals surface area (Å²) in [4.78, 5) is 10.1. The van der Waals surface area contributed by atoms with Crippen LogP contribution in [0.15, 0.2) is 36.4 Å². The predicted molar refractivity (Wildman–Crippen MR) is 62.1 cm³/mol. The summed E-state index contributed by atoms with van der Waals surface area (Å²) in [5, 5.41) is 10.6. The number of nitro groups is 1. The zero-order chi connectivity index (χ0) is 12.4. The van der Waals surface area contributed by atoms with E-state index >= 15 is 0 Å². The van der Waals surface area contributed by atoms with Gasteiger partial charge in [-0.3, -0.25) is 10.1 Å². The minimum atomic E-state index is -0.544. The Morgan fingerprint density at radius 3 is 2.82 bits per heavy atom. The summed E-state index contributed by atoms with van der Waals surface area (Å²) in [5.74, 6) is -0.354. The second-order valence-corrected chi connectivity index (χ2v) is 3.66.